The third-order valence-corrected chi connectivity index (χ3v) is 9.64. The van der Waals surface area contributed by atoms with E-state index in [-0.39, 0.29) is 0 Å². The summed E-state index contributed by atoms with van der Waals surface area (Å²) in [5, 5.41) is 4.93. The maximum absolute atomic E-state index is 4.18. The lowest BCUT2D eigenvalue weighted by Crippen LogP contribution is -1.94. The molecule has 232 valence electrons. The van der Waals surface area contributed by atoms with Gasteiger partial charge >= 0.3 is 0 Å². The van der Waals surface area contributed by atoms with Gasteiger partial charge in [0.05, 0.1) is 0 Å². The summed E-state index contributed by atoms with van der Waals surface area (Å²) < 4.78 is 0. The SMILES string of the molecule is C=C/C(=C\C)c1c2ccccc2c(-c2ccc(-c3ccccc3-c3ccccc3)c(-c3cccc(-c4ccccc4)c3)c2)c2ccccc12. The van der Waals surface area contributed by atoms with Crippen molar-refractivity contribution in [2.45, 2.75) is 6.92 Å². The van der Waals surface area contributed by atoms with Crippen molar-refractivity contribution in [3.8, 4) is 55.6 Å². The largest absolute Gasteiger partial charge is 0.0985 e. The van der Waals surface area contributed by atoms with Crippen LogP contribution in [0.25, 0.3) is 82.8 Å². The Morgan fingerprint density at radius 2 is 0.898 bits per heavy atom. The first kappa shape index (κ1) is 30.1. The first-order valence-corrected chi connectivity index (χ1v) is 16.9. The van der Waals surface area contributed by atoms with Crippen molar-refractivity contribution < 1.29 is 0 Å². The van der Waals surface area contributed by atoms with E-state index in [1.54, 1.807) is 0 Å². The Bertz CT molecular complexity index is 2440. The standard InChI is InChI=1S/C49H36/c1-3-34(4-2)48-43-26-13-15-28-45(43)49(46-29-16-14-27-44(46)48)39-30-31-42(41-25-12-11-24-40(41)36-20-9-6-10-21-36)47(33-39)38-23-17-22-37(32-38)35-18-7-5-8-19-35/h3-33H,1H2,2H3/b34-4+. The van der Waals surface area contributed by atoms with Crippen LogP contribution in [0.4, 0.5) is 0 Å². The summed E-state index contributed by atoms with van der Waals surface area (Å²) in [6.07, 6.45) is 4.14. The summed E-state index contributed by atoms with van der Waals surface area (Å²) in [7, 11) is 0. The van der Waals surface area contributed by atoms with E-state index in [1.807, 2.05) is 6.08 Å². The normalized spacial score (nSPS) is 11.6. The van der Waals surface area contributed by atoms with Crippen LogP contribution in [0.5, 0.6) is 0 Å². The van der Waals surface area contributed by atoms with Crippen LogP contribution in [0.15, 0.2) is 195 Å². The molecule has 0 fully saturated rings. The minimum Gasteiger partial charge on any atom is -0.0985 e. The van der Waals surface area contributed by atoms with Gasteiger partial charge in [0.1, 0.15) is 0 Å². The molecule has 8 rings (SSSR count). The van der Waals surface area contributed by atoms with E-state index >= 15 is 0 Å². The molecule has 0 atom stereocenters. The smallest absolute Gasteiger partial charge is 0.00261 e. The Morgan fingerprint density at radius 3 is 1.53 bits per heavy atom. The highest BCUT2D eigenvalue weighted by Crippen LogP contribution is 2.45. The number of hydrogen-bond donors (Lipinski definition) is 0. The second kappa shape index (κ2) is 13.1. The minimum absolute atomic E-state index is 1.14. The van der Waals surface area contributed by atoms with Gasteiger partial charge < -0.3 is 0 Å². The molecular weight excluding hydrogens is 589 g/mol. The zero-order valence-corrected chi connectivity index (χ0v) is 27.6. The molecule has 0 bridgehead atoms. The molecule has 0 radical (unpaired) electrons. The zero-order chi connectivity index (χ0) is 33.2. The first-order valence-electron chi connectivity index (χ1n) is 16.9. The molecular formula is C49H36. The predicted octanol–water partition coefficient (Wildman–Crippen LogP) is 13.9. The molecule has 0 aliphatic carbocycles. The predicted molar refractivity (Wildman–Crippen MR) is 212 cm³/mol. The number of allylic oxidation sites excluding steroid dienone is 3. The number of fused-ring (bicyclic) bond motifs is 2. The topological polar surface area (TPSA) is 0 Å². The van der Waals surface area contributed by atoms with Crippen LogP contribution >= 0.6 is 0 Å². The number of rotatable bonds is 7. The summed E-state index contributed by atoms with van der Waals surface area (Å²) in [6.45, 7) is 6.27. The van der Waals surface area contributed by atoms with Gasteiger partial charge in [0, 0.05) is 0 Å². The molecule has 0 heteroatoms. The van der Waals surface area contributed by atoms with Crippen LogP contribution in [-0.2, 0) is 0 Å². The zero-order valence-electron chi connectivity index (χ0n) is 27.6. The molecule has 0 aromatic heterocycles. The van der Waals surface area contributed by atoms with Crippen molar-refractivity contribution in [2.75, 3.05) is 0 Å². The van der Waals surface area contributed by atoms with Gasteiger partial charge in [-0.1, -0.05) is 183 Å². The quantitative estimate of drug-likeness (QED) is 0.122. The van der Waals surface area contributed by atoms with Crippen LogP contribution in [0.3, 0.4) is 0 Å². The van der Waals surface area contributed by atoms with Gasteiger partial charge in [-0.15, -0.1) is 0 Å². The summed E-state index contributed by atoms with van der Waals surface area (Å²) in [4.78, 5) is 0. The molecule has 0 aliphatic heterocycles. The molecule has 0 saturated heterocycles. The van der Waals surface area contributed by atoms with Gasteiger partial charge in [-0.2, -0.15) is 0 Å². The van der Waals surface area contributed by atoms with Crippen molar-refractivity contribution in [1.29, 1.82) is 0 Å². The molecule has 0 N–H and O–H groups in total. The van der Waals surface area contributed by atoms with Crippen molar-refractivity contribution in [1.82, 2.24) is 0 Å². The average molecular weight is 625 g/mol. The van der Waals surface area contributed by atoms with E-state index in [9.17, 15) is 0 Å². The van der Waals surface area contributed by atoms with E-state index in [0.29, 0.717) is 0 Å². The van der Waals surface area contributed by atoms with E-state index in [1.165, 1.54) is 82.7 Å². The van der Waals surface area contributed by atoms with Crippen LogP contribution in [0.1, 0.15) is 12.5 Å². The third-order valence-electron chi connectivity index (χ3n) is 9.64. The highest BCUT2D eigenvalue weighted by Gasteiger charge is 2.19. The van der Waals surface area contributed by atoms with Gasteiger partial charge in [-0.25, -0.2) is 0 Å². The number of hydrogen-bond acceptors (Lipinski definition) is 0. The Hall–Kier alpha value is -6.24. The van der Waals surface area contributed by atoms with Crippen molar-refractivity contribution in [2.24, 2.45) is 0 Å². The Kier molecular flexibility index (Phi) is 8.05. The van der Waals surface area contributed by atoms with Crippen molar-refractivity contribution in [3.63, 3.8) is 0 Å². The fraction of sp³-hybridized carbons (Fsp3) is 0.0204. The Balaban J connectivity index is 1.44. The van der Waals surface area contributed by atoms with E-state index in [2.05, 4.69) is 196 Å². The van der Waals surface area contributed by atoms with E-state index in [4.69, 9.17) is 0 Å². The fourth-order valence-corrected chi connectivity index (χ4v) is 7.37. The van der Waals surface area contributed by atoms with Crippen molar-refractivity contribution in [3.05, 3.63) is 200 Å². The molecule has 0 spiro atoms. The second-order valence-electron chi connectivity index (χ2n) is 12.4. The van der Waals surface area contributed by atoms with Crippen molar-refractivity contribution >= 4 is 27.1 Å². The Labute approximate surface area is 289 Å². The van der Waals surface area contributed by atoms with Crippen LogP contribution in [0.2, 0.25) is 0 Å². The molecule has 8 aromatic carbocycles. The third kappa shape index (κ3) is 5.48. The van der Waals surface area contributed by atoms with Crippen LogP contribution in [-0.4, -0.2) is 0 Å². The molecule has 0 nitrogen and oxygen atoms in total. The summed E-state index contributed by atoms with van der Waals surface area (Å²) in [6, 6.07) is 63.8. The molecule has 0 aliphatic rings. The molecule has 0 unspecified atom stereocenters. The highest BCUT2D eigenvalue weighted by atomic mass is 14.2. The summed E-state index contributed by atoms with van der Waals surface area (Å²) in [5.41, 5.74) is 14.5. The maximum atomic E-state index is 4.18. The van der Waals surface area contributed by atoms with Gasteiger partial charge in [0.15, 0.2) is 0 Å². The van der Waals surface area contributed by atoms with Gasteiger partial charge in [0.2, 0.25) is 0 Å². The van der Waals surface area contributed by atoms with Gasteiger partial charge in [0.25, 0.3) is 0 Å². The Morgan fingerprint density at radius 1 is 0.388 bits per heavy atom. The molecule has 0 amide bonds. The summed E-state index contributed by atoms with van der Waals surface area (Å²) >= 11 is 0. The lowest BCUT2D eigenvalue weighted by molar-refractivity contribution is 1.55. The molecule has 0 saturated carbocycles. The first-order chi connectivity index (χ1) is 24.2. The molecule has 8 aromatic rings. The second-order valence-corrected chi connectivity index (χ2v) is 12.4. The highest BCUT2D eigenvalue weighted by molar-refractivity contribution is 6.19. The van der Waals surface area contributed by atoms with E-state index in [0.717, 1.165) is 5.57 Å². The molecule has 49 heavy (non-hydrogen) atoms. The average Bonchev–Trinajstić information content (AvgIpc) is 3.18. The lowest BCUT2D eigenvalue weighted by atomic mass is 9.83. The van der Waals surface area contributed by atoms with Gasteiger partial charge in [-0.05, 0) is 107 Å². The molecule has 0 heterocycles. The maximum Gasteiger partial charge on any atom is -0.00261 e. The van der Waals surface area contributed by atoms with E-state index < -0.39 is 0 Å². The minimum atomic E-state index is 1.14. The van der Waals surface area contributed by atoms with Crippen LogP contribution < -0.4 is 0 Å². The monoisotopic (exact) mass is 624 g/mol. The summed E-state index contributed by atoms with van der Waals surface area (Å²) in [5.74, 6) is 0. The lowest BCUT2D eigenvalue weighted by Gasteiger charge is -2.20. The fourth-order valence-electron chi connectivity index (χ4n) is 7.37. The van der Waals surface area contributed by atoms with Gasteiger partial charge in [-0.3, -0.25) is 0 Å². The van der Waals surface area contributed by atoms with Crippen LogP contribution in [0, 0.1) is 0 Å². The number of benzene rings is 8.